The molecule has 2 aliphatic rings. The number of rotatable bonds is 8. The van der Waals surface area contributed by atoms with Crippen molar-refractivity contribution < 1.29 is 18.3 Å². The Morgan fingerprint density at radius 3 is 2.36 bits per heavy atom. The molecule has 33 heavy (non-hydrogen) atoms. The summed E-state index contributed by atoms with van der Waals surface area (Å²) in [7, 11) is 0. The molecule has 0 radical (unpaired) electrons. The van der Waals surface area contributed by atoms with Crippen molar-refractivity contribution in [1.82, 2.24) is 4.98 Å². The van der Waals surface area contributed by atoms with Crippen LogP contribution in [0, 0.1) is 23.5 Å². The van der Waals surface area contributed by atoms with Crippen LogP contribution in [0.25, 0.3) is 11.1 Å². The molecule has 1 saturated heterocycles. The SMILES string of the molecule is CCCCC1CCC(C2CCC(c3ccc(-c4ccc(OCC)c(F)c4F)cn3)CC2)CO1. The molecule has 3 nitrogen and oxygen atoms in total. The fourth-order valence-corrected chi connectivity index (χ4v) is 5.57. The summed E-state index contributed by atoms with van der Waals surface area (Å²) in [5.74, 6) is 0.0204. The lowest BCUT2D eigenvalue weighted by Crippen LogP contribution is -2.32. The summed E-state index contributed by atoms with van der Waals surface area (Å²) in [6, 6.07) is 6.88. The Bertz CT molecular complexity index is 886. The van der Waals surface area contributed by atoms with Gasteiger partial charge < -0.3 is 9.47 Å². The van der Waals surface area contributed by atoms with Crippen LogP contribution in [0.4, 0.5) is 8.78 Å². The molecule has 0 bridgehead atoms. The number of benzene rings is 1. The fraction of sp³-hybridized carbons (Fsp3) is 0.607. The lowest BCUT2D eigenvalue weighted by molar-refractivity contribution is -0.0414. The lowest BCUT2D eigenvalue weighted by Gasteiger charge is -2.37. The Kier molecular flexibility index (Phi) is 8.34. The first-order valence-corrected chi connectivity index (χ1v) is 12.8. The van der Waals surface area contributed by atoms with Gasteiger partial charge in [0, 0.05) is 28.9 Å². The largest absolute Gasteiger partial charge is 0.491 e. The summed E-state index contributed by atoms with van der Waals surface area (Å²) in [5, 5.41) is 0. The van der Waals surface area contributed by atoms with E-state index in [9.17, 15) is 8.78 Å². The van der Waals surface area contributed by atoms with Crippen LogP contribution in [0.15, 0.2) is 30.5 Å². The number of aromatic nitrogens is 1. The Hall–Kier alpha value is -2.01. The quantitative estimate of drug-likeness (QED) is 0.407. The van der Waals surface area contributed by atoms with E-state index in [-0.39, 0.29) is 11.3 Å². The number of halogens is 2. The number of unbranched alkanes of at least 4 members (excludes halogenated alkanes) is 1. The van der Waals surface area contributed by atoms with Gasteiger partial charge in [-0.15, -0.1) is 0 Å². The van der Waals surface area contributed by atoms with Gasteiger partial charge in [-0.05, 0) is 81.9 Å². The highest BCUT2D eigenvalue weighted by Gasteiger charge is 2.32. The zero-order valence-corrected chi connectivity index (χ0v) is 20.0. The van der Waals surface area contributed by atoms with Crippen molar-refractivity contribution in [2.75, 3.05) is 13.2 Å². The van der Waals surface area contributed by atoms with Crippen LogP contribution in [-0.2, 0) is 4.74 Å². The topological polar surface area (TPSA) is 31.4 Å². The molecule has 0 N–H and O–H groups in total. The van der Waals surface area contributed by atoms with Gasteiger partial charge in [-0.3, -0.25) is 4.98 Å². The van der Waals surface area contributed by atoms with Gasteiger partial charge in [0.15, 0.2) is 11.6 Å². The second-order valence-electron chi connectivity index (χ2n) is 9.69. The molecule has 1 aromatic heterocycles. The summed E-state index contributed by atoms with van der Waals surface area (Å²) >= 11 is 0. The maximum Gasteiger partial charge on any atom is 0.201 e. The third kappa shape index (κ3) is 5.74. The van der Waals surface area contributed by atoms with E-state index < -0.39 is 11.6 Å². The van der Waals surface area contributed by atoms with Crippen LogP contribution in [0.1, 0.15) is 83.2 Å². The minimum absolute atomic E-state index is 0.0556. The van der Waals surface area contributed by atoms with Crippen LogP contribution in [0.5, 0.6) is 5.75 Å². The van der Waals surface area contributed by atoms with Crippen molar-refractivity contribution in [2.24, 2.45) is 11.8 Å². The van der Waals surface area contributed by atoms with E-state index in [0.717, 1.165) is 31.1 Å². The van der Waals surface area contributed by atoms with Gasteiger partial charge in [-0.1, -0.05) is 25.8 Å². The monoisotopic (exact) mass is 457 g/mol. The molecule has 0 spiro atoms. The number of hydrogen-bond acceptors (Lipinski definition) is 3. The highest BCUT2D eigenvalue weighted by molar-refractivity contribution is 5.64. The first-order valence-electron chi connectivity index (χ1n) is 12.8. The summed E-state index contributed by atoms with van der Waals surface area (Å²) in [5.41, 5.74) is 1.86. The van der Waals surface area contributed by atoms with Crippen LogP contribution in [0.3, 0.4) is 0 Å². The van der Waals surface area contributed by atoms with Crippen molar-refractivity contribution in [3.8, 4) is 16.9 Å². The highest BCUT2D eigenvalue weighted by atomic mass is 19.2. The molecule has 180 valence electrons. The molecule has 4 rings (SSSR count). The summed E-state index contributed by atoms with van der Waals surface area (Å²) in [4.78, 5) is 4.64. The average Bonchev–Trinajstić information content (AvgIpc) is 2.86. The van der Waals surface area contributed by atoms with E-state index in [2.05, 4.69) is 11.9 Å². The molecule has 2 aromatic rings. The van der Waals surface area contributed by atoms with Crippen molar-refractivity contribution in [1.29, 1.82) is 0 Å². The zero-order chi connectivity index (χ0) is 23.2. The first kappa shape index (κ1) is 24.1. The average molecular weight is 458 g/mol. The van der Waals surface area contributed by atoms with E-state index in [4.69, 9.17) is 9.47 Å². The van der Waals surface area contributed by atoms with Gasteiger partial charge in [0.25, 0.3) is 0 Å². The Morgan fingerprint density at radius 2 is 1.73 bits per heavy atom. The second-order valence-corrected chi connectivity index (χ2v) is 9.69. The third-order valence-electron chi connectivity index (χ3n) is 7.59. The van der Waals surface area contributed by atoms with E-state index >= 15 is 0 Å². The van der Waals surface area contributed by atoms with Gasteiger partial charge >= 0.3 is 0 Å². The Morgan fingerprint density at radius 1 is 0.939 bits per heavy atom. The van der Waals surface area contributed by atoms with Crippen LogP contribution in [0.2, 0.25) is 0 Å². The van der Waals surface area contributed by atoms with Crippen molar-refractivity contribution in [3.63, 3.8) is 0 Å². The Balaban J connectivity index is 1.32. The third-order valence-corrected chi connectivity index (χ3v) is 7.59. The molecule has 2 unspecified atom stereocenters. The molecule has 1 aromatic carbocycles. The highest BCUT2D eigenvalue weighted by Crippen LogP contribution is 2.41. The molecule has 1 aliphatic heterocycles. The Labute approximate surface area is 196 Å². The van der Waals surface area contributed by atoms with E-state index in [1.165, 1.54) is 51.0 Å². The predicted octanol–water partition coefficient (Wildman–Crippen LogP) is 7.68. The second kappa shape index (κ2) is 11.4. The smallest absolute Gasteiger partial charge is 0.201 e. The van der Waals surface area contributed by atoms with E-state index in [1.54, 1.807) is 19.2 Å². The molecular weight excluding hydrogens is 420 g/mol. The number of ether oxygens (including phenoxy) is 2. The van der Waals surface area contributed by atoms with Crippen molar-refractivity contribution >= 4 is 0 Å². The van der Waals surface area contributed by atoms with Crippen LogP contribution < -0.4 is 4.74 Å². The van der Waals surface area contributed by atoms with Gasteiger partial charge in [-0.25, -0.2) is 4.39 Å². The maximum atomic E-state index is 14.5. The molecular formula is C28H37F2NO2. The van der Waals surface area contributed by atoms with Gasteiger partial charge in [0.1, 0.15) is 0 Å². The number of pyridine rings is 1. The number of nitrogens with zero attached hydrogens (tertiary/aromatic N) is 1. The predicted molar refractivity (Wildman–Crippen MR) is 127 cm³/mol. The molecule has 2 heterocycles. The van der Waals surface area contributed by atoms with E-state index in [1.807, 2.05) is 12.1 Å². The molecule has 2 atom stereocenters. The van der Waals surface area contributed by atoms with Gasteiger partial charge in [-0.2, -0.15) is 4.39 Å². The standard InChI is InChI=1S/C28H37F2NO2/c1-3-5-6-23-13-11-22(18-33-23)19-7-9-20(10-8-19)25-15-12-21(17-31-25)24-14-16-26(32-4-2)28(30)27(24)29/h12,14-17,19-20,22-23H,3-11,13,18H2,1-2H3. The summed E-state index contributed by atoms with van der Waals surface area (Å²) < 4.78 is 40.1. The first-order chi connectivity index (χ1) is 16.1. The van der Waals surface area contributed by atoms with Crippen molar-refractivity contribution in [2.45, 2.75) is 83.7 Å². The summed E-state index contributed by atoms with van der Waals surface area (Å²) in [6.07, 6.45) is 13.1. The van der Waals surface area contributed by atoms with Crippen molar-refractivity contribution in [3.05, 3.63) is 47.8 Å². The lowest BCUT2D eigenvalue weighted by atomic mass is 9.73. The van der Waals surface area contributed by atoms with Gasteiger partial charge in [0.2, 0.25) is 5.82 Å². The van der Waals surface area contributed by atoms with Crippen LogP contribution in [-0.4, -0.2) is 24.3 Å². The van der Waals surface area contributed by atoms with E-state index in [0.29, 0.717) is 30.1 Å². The molecule has 2 fully saturated rings. The zero-order valence-electron chi connectivity index (χ0n) is 20.0. The maximum absolute atomic E-state index is 14.5. The normalized spacial score (nSPS) is 25.7. The minimum atomic E-state index is -0.944. The van der Waals surface area contributed by atoms with Crippen LogP contribution >= 0.6 is 0 Å². The molecule has 1 saturated carbocycles. The molecule has 1 aliphatic carbocycles. The molecule has 5 heteroatoms. The minimum Gasteiger partial charge on any atom is -0.491 e. The molecule has 0 amide bonds. The summed E-state index contributed by atoms with van der Waals surface area (Å²) in [6.45, 7) is 5.21. The van der Waals surface area contributed by atoms with Gasteiger partial charge in [0.05, 0.1) is 19.3 Å². The number of hydrogen-bond donors (Lipinski definition) is 0. The fourth-order valence-electron chi connectivity index (χ4n) is 5.57.